The van der Waals surface area contributed by atoms with E-state index in [-0.39, 0.29) is 17.2 Å². The van der Waals surface area contributed by atoms with Crippen molar-refractivity contribution in [1.29, 1.82) is 0 Å². The highest BCUT2D eigenvalue weighted by Gasteiger charge is 2.04. The number of rotatable bonds is 1. The molecule has 1 aromatic carbocycles. The SMILES string of the molecule is COc1c(O)c[c]cc1O. The molecule has 0 unspecified atom stereocenters. The van der Waals surface area contributed by atoms with Crippen LogP contribution in [0.15, 0.2) is 12.1 Å². The van der Waals surface area contributed by atoms with Gasteiger partial charge in [0.25, 0.3) is 0 Å². The molecule has 0 aliphatic carbocycles. The first-order chi connectivity index (χ1) is 4.75. The molecule has 0 fully saturated rings. The topological polar surface area (TPSA) is 49.7 Å². The maximum Gasteiger partial charge on any atom is 0.202 e. The molecule has 0 saturated carbocycles. The van der Waals surface area contributed by atoms with E-state index in [9.17, 15) is 0 Å². The van der Waals surface area contributed by atoms with E-state index >= 15 is 0 Å². The van der Waals surface area contributed by atoms with Gasteiger partial charge in [0.1, 0.15) is 0 Å². The normalized spacial score (nSPS) is 9.30. The van der Waals surface area contributed by atoms with Crippen LogP contribution in [0.5, 0.6) is 17.2 Å². The minimum atomic E-state index is -0.109. The summed E-state index contributed by atoms with van der Waals surface area (Å²) in [6.45, 7) is 0. The Morgan fingerprint density at radius 1 is 1.30 bits per heavy atom. The minimum absolute atomic E-state index is 0.0822. The lowest BCUT2D eigenvalue weighted by Crippen LogP contribution is -1.83. The van der Waals surface area contributed by atoms with Crippen LogP contribution in [-0.4, -0.2) is 17.3 Å². The van der Waals surface area contributed by atoms with E-state index in [4.69, 9.17) is 10.2 Å². The highest BCUT2D eigenvalue weighted by molar-refractivity contribution is 5.48. The number of phenols is 2. The standard InChI is InChI=1S/C7H7O3/c1-10-7-5(8)3-2-4-6(7)9/h3-4,8-9H,1H3. The van der Waals surface area contributed by atoms with Crippen molar-refractivity contribution in [2.45, 2.75) is 0 Å². The molecule has 0 bridgehead atoms. The summed E-state index contributed by atoms with van der Waals surface area (Å²) in [5, 5.41) is 18.0. The van der Waals surface area contributed by atoms with Crippen LogP contribution in [0.1, 0.15) is 0 Å². The van der Waals surface area contributed by atoms with Crippen molar-refractivity contribution in [2.24, 2.45) is 0 Å². The van der Waals surface area contributed by atoms with Gasteiger partial charge in [0.2, 0.25) is 5.75 Å². The van der Waals surface area contributed by atoms with E-state index in [1.807, 2.05) is 0 Å². The van der Waals surface area contributed by atoms with Gasteiger partial charge >= 0.3 is 0 Å². The van der Waals surface area contributed by atoms with Crippen molar-refractivity contribution in [3.63, 3.8) is 0 Å². The molecule has 0 saturated heterocycles. The van der Waals surface area contributed by atoms with Gasteiger partial charge in [-0.25, -0.2) is 0 Å². The molecule has 1 radical (unpaired) electrons. The fraction of sp³-hybridized carbons (Fsp3) is 0.143. The summed E-state index contributed by atoms with van der Waals surface area (Å²) in [5.74, 6) is -0.135. The molecule has 0 heterocycles. The average molecular weight is 139 g/mol. The van der Waals surface area contributed by atoms with Crippen molar-refractivity contribution in [3.05, 3.63) is 18.2 Å². The number of phenolic OH excluding ortho intramolecular Hbond substituents is 2. The Morgan fingerprint density at radius 2 is 1.80 bits per heavy atom. The fourth-order valence-electron chi connectivity index (χ4n) is 0.671. The van der Waals surface area contributed by atoms with Gasteiger partial charge in [-0.3, -0.25) is 0 Å². The van der Waals surface area contributed by atoms with E-state index in [0.29, 0.717) is 0 Å². The van der Waals surface area contributed by atoms with Gasteiger partial charge < -0.3 is 14.9 Å². The van der Waals surface area contributed by atoms with Crippen LogP contribution in [0.3, 0.4) is 0 Å². The summed E-state index contributed by atoms with van der Waals surface area (Å²) in [7, 11) is 1.37. The van der Waals surface area contributed by atoms with Gasteiger partial charge in [0.05, 0.1) is 7.11 Å². The molecule has 0 aromatic heterocycles. The van der Waals surface area contributed by atoms with Gasteiger partial charge in [0.15, 0.2) is 11.5 Å². The van der Waals surface area contributed by atoms with E-state index < -0.39 is 0 Å². The first-order valence-electron chi connectivity index (χ1n) is 2.71. The molecular weight excluding hydrogens is 132 g/mol. The predicted molar refractivity (Wildman–Crippen MR) is 35.2 cm³/mol. The van der Waals surface area contributed by atoms with Crippen molar-refractivity contribution in [3.8, 4) is 17.2 Å². The summed E-state index contributed by atoms with van der Waals surface area (Å²) < 4.78 is 4.66. The lowest BCUT2D eigenvalue weighted by atomic mass is 10.3. The molecule has 0 aliphatic heterocycles. The maximum absolute atomic E-state index is 8.98. The second-order valence-corrected chi connectivity index (χ2v) is 1.76. The molecule has 3 nitrogen and oxygen atoms in total. The van der Waals surface area contributed by atoms with E-state index in [2.05, 4.69) is 10.8 Å². The molecule has 0 aliphatic rings. The monoisotopic (exact) mass is 139 g/mol. The Kier molecular flexibility index (Phi) is 1.67. The molecule has 53 valence electrons. The number of hydrogen-bond donors (Lipinski definition) is 2. The minimum Gasteiger partial charge on any atom is -0.504 e. The highest BCUT2D eigenvalue weighted by Crippen LogP contribution is 2.33. The van der Waals surface area contributed by atoms with Crippen LogP contribution in [0.2, 0.25) is 0 Å². The Labute approximate surface area is 58.5 Å². The highest BCUT2D eigenvalue weighted by atomic mass is 16.5. The summed E-state index contributed by atoms with van der Waals surface area (Å²) in [6.07, 6.45) is 0. The van der Waals surface area contributed by atoms with E-state index in [1.165, 1.54) is 19.2 Å². The fourth-order valence-corrected chi connectivity index (χ4v) is 0.671. The number of methoxy groups -OCH3 is 1. The molecule has 2 N–H and O–H groups in total. The number of benzene rings is 1. The van der Waals surface area contributed by atoms with Crippen LogP contribution >= 0.6 is 0 Å². The largest absolute Gasteiger partial charge is 0.504 e. The van der Waals surface area contributed by atoms with Crippen LogP contribution in [0.4, 0.5) is 0 Å². The van der Waals surface area contributed by atoms with Gasteiger partial charge in [-0.1, -0.05) is 0 Å². The van der Waals surface area contributed by atoms with Crippen LogP contribution < -0.4 is 4.74 Å². The molecule has 1 aromatic rings. The van der Waals surface area contributed by atoms with Crippen LogP contribution in [-0.2, 0) is 0 Å². The van der Waals surface area contributed by atoms with E-state index in [0.717, 1.165) is 0 Å². The number of hydrogen-bond acceptors (Lipinski definition) is 3. The smallest absolute Gasteiger partial charge is 0.202 e. The molecule has 0 spiro atoms. The molecule has 0 atom stereocenters. The number of aromatic hydroxyl groups is 2. The second kappa shape index (κ2) is 2.47. The zero-order valence-electron chi connectivity index (χ0n) is 5.46. The Bertz CT molecular complexity index is 212. The van der Waals surface area contributed by atoms with Crippen molar-refractivity contribution >= 4 is 0 Å². The molecule has 1 rings (SSSR count). The van der Waals surface area contributed by atoms with Crippen molar-refractivity contribution < 1.29 is 14.9 Å². The lowest BCUT2D eigenvalue weighted by molar-refractivity contribution is 0.344. The summed E-state index contributed by atoms with van der Waals surface area (Å²) >= 11 is 0. The number of ether oxygens (including phenoxy) is 1. The molecule has 3 heteroatoms. The lowest BCUT2D eigenvalue weighted by Gasteiger charge is -2.02. The van der Waals surface area contributed by atoms with Crippen molar-refractivity contribution in [1.82, 2.24) is 0 Å². The van der Waals surface area contributed by atoms with Crippen molar-refractivity contribution in [2.75, 3.05) is 7.11 Å². The third-order valence-electron chi connectivity index (χ3n) is 1.11. The summed E-state index contributed by atoms with van der Waals surface area (Å²) in [4.78, 5) is 0. The van der Waals surface area contributed by atoms with Crippen LogP contribution in [0.25, 0.3) is 0 Å². The Hall–Kier alpha value is -1.38. The van der Waals surface area contributed by atoms with Crippen LogP contribution in [0, 0.1) is 6.07 Å². The Morgan fingerprint density at radius 3 is 2.10 bits per heavy atom. The summed E-state index contributed by atoms with van der Waals surface area (Å²) in [5.41, 5.74) is 0. The molecule has 0 amide bonds. The maximum atomic E-state index is 8.98. The zero-order chi connectivity index (χ0) is 7.56. The zero-order valence-corrected chi connectivity index (χ0v) is 5.46. The summed E-state index contributed by atoms with van der Waals surface area (Å²) in [6, 6.07) is 5.16. The quantitative estimate of drug-likeness (QED) is 0.607. The molecular formula is C7H7O3. The average Bonchev–Trinajstić information content (AvgIpc) is 1.88. The second-order valence-electron chi connectivity index (χ2n) is 1.76. The van der Waals surface area contributed by atoms with Gasteiger partial charge in [0, 0.05) is 0 Å². The predicted octanol–water partition coefficient (Wildman–Crippen LogP) is 0.907. The Balaban J connectivity index is 3.17. The van der Waals surface area contributed by atoms with Gasteiger partial charge in [-0.05, 0) is 18.2 Å². The third kappa shape index (κ3) is 0.978. The van der Waals surface area contributed by atoms with Gasteiger partial charge in [-0.15, -0.1) is 0 Å². The van der Waals surface area contributed by atoms with E-state index in [1.54, 1.807) is 0 Å². The van der Waals surface area contributed by atoms with Gasteiger partial charge in [-0.2, -0.15) is 0 Å². The first-order valence-corrected chi connectivity index (χ1v) is 2.71. The first kappa shape index (κ1) is 6.74. The third-order valence-corrected chi connectivity index (χ3v) is 1.11. The molecule has 10 heavy (non-hydrogen) atoms.